The van der Waals surface area contributed by atoms with Gasteiger partial charge in [0.25, 0.3) is 11.8 Å². The Kier molecular flexibility index (Phi) is 12.2. The minimum Gasteiger partial charge on any atom is -0.450 e. The fourth-order valence-corrected chi connectivity index (χ4v) is 7.74. The van der Waals surface area contributed by atoms with Crippen LogP contribution in [0.2, 0.25) is 0 Å². The van der Waals surface area contributed by atoms with E-state index in [-0.39, 0.29) is 28.7 Å². The molecule has 2 unspecified atom stereocenters. The third kappa shape index (κ3) is 8.46. The van der Waals surface area contributed by atoms with Crippen LogP contribution in [0.4, 0.5) is 5.13 Å². The highest BCUT2D eigenvalue weighted by atomic mass is 32.2. The van der Waals surface area contributed by atoms with Gasteiger partial charge in [0.05, 0.1) is 0 Å². The SMILES string of the molecule is CCC(=O)OC(C)OC(=O)C1=C(SC)CS[C@H]2C(NC(=O)C(=NOCC(=O)OC(c3ccccc3)c3ccccc3)c3csc(N)n3)C(=O)N12. The van der Waals surface area contributed by atoms with E-state index in [1.807, 2.05) is 60.7 Å². The molecule has 2 amide bonds. The first-order chi connectivity index (χ1) is 24.1. The first-order valence-electron chi connectivity index (χ1n) is 15.2. The number of rotatable bonds is 14. The Morgan fingerprint density at radius 1 is 1.04 bits per heavy atom. The van der Waals surface area contributed by atoms with Crippen LogP contribution in [0.5, 0.6) is 0 Å². The molecule has 1 fully saturated rings. The van der Waals surface area contributed by atoms with E-state index < -0.39 is 60.1 Å². The minimum atomic E-state index is -1.17. The van der Waals surface area contributed by atoms with Crippen molar-refractivity contribution in [3.63, 3.8) is 0 Å². The van der Waals surface area contributed by atoms with Gasteiger partial charge in [-0.05, 0) is 17.4 Å². The molecule has 0 aliphatic carbocycles. The second-order valence-electron chi connectivity index (χ2n) is 10.6. The van der Waals surface area contributed by atoms with Gasteiger partial charge in [0.1, 0.15) is 22.8 Å². The number of anilines is 1. The molecule has 2 aromatic carbocycles. The van der Waals surface area contributed by atoms with Gasteiger partial charge in [-0.15, -0.1) is 34.9 Å². The summed E-state index contributed by atoms with van der Waals surface area (Å²) in [5.41, 5.74) is 7.06. The van der Waals surface area contributed by atoms with Crippen LogP contribution in [-0.4, -0.2) is 81.6 Å². The fourth-order valence-electron chi connectivity index (χ4n) is 4.95. The lowest BCUT2D eigenvalue weighted by Crippen LogP contribution is -2.71. The number of esters is 3. The van der Waals surface area contributed by atoms with Gasteiger partial charge in [-0.2, -0.15) is 0 Å². The van der Waals surface area contributed by atoms with Crippen molar-refractivity contribution < 1.29 is 43.0 Å². The number of carbonyl (C=O) groups is 5. The molecule has 2 aliphatic rings. The molecular weight excluding hydrogens is 707 g/mol. The Morgan fingerprint density at radius 2 is 1.70 bits per heavy atom. The van der Waals surface area contributed by atoms with Crippen LogP contribution in [0.1, 0.15) is 43.2 Å². The summed E-state index contributed by atoms with van der Waals surface area (Å²) in [6.45, 7) is 2.37. The Labute approximate surface area is 299 Å². The molecule has 262 valence electrons. The quantitative estimate of drug-likeness (QED) is 0.0803. The number of carbonyl (C=O) groups excluding carboxylic acids is 5. The van der Waals surface area contributed by atoms with Crippen molar-refractivity contribution in [3.05, 3.63) is 93.5 Å². The van der Waals surface area contributed by atoms with Gasteiger partial charge in [0, 0.05) is 29.4 Å². The van der Waals surface area contributed by atoms with Crippen LogP contribution in [0.15, 0.2) is 81.8 Å². The summed E-state index contributed by atoms with van der Waals surface area (Å²) >= 11 is 3.67. The van der Waals surface area contributed by atoms with E-state index >= 15 is 0 Å². The van der Waals surface area contributed by atoms with E-state index in [0.29, 0.717) is 10.7 Å². The van der Waals surface area contributed by atoms with Gasteiger partial charge in [-0.1, -0.05) is 72.7 Å². The number of nitrogens with zero attached hydrogens (tertiary/aromatic N) is 3. The second-order valence-corrected chi connectivity index (χ2v) is 13.5. The maximum absolute atomic E-state index is 13.6. The summed E-state index contributed by atoms with van der Waals surface area (Å²) in [6, 6.07) is 17.3. The predicted molar refractivity (Wildman–Crippen MR) is 187 cm³/mol. The summed E-state index contributed by atoms with van der Waals surface area (Å²) in [5.74, 6) is -3.16. The third-order valence-electron chi connectivity index (χ3n) is 7.29. The Bertz CT molecular complexity index is 1760. The van der Waals surface area contributed by atoms with Gasteiger partial charge in [-0.3, -0.25) is 19.3 Å². The van der Waals surface area contributed by atoms with Crippen LogP contribution in [-0.2, 0) is 43.0 Å². The number of fused-ring (bicyclic) bond motifs is 1. The molecule has 1 saturated heterocycles. The first-order valence-corrected chi connectivity index (χ1v) is 18.4. The predicted octanol–water partition coefficient (Wildman–Crippen LogP) is 3.60. The zero-order chi connectivity index (χ0) is 35.8. The van der Waals surface area contributed by atoms with Crippen molar-refractivity contribution in [3.8, 4) is 0 Å². The van der Waals surface area contributed by atoms with Crippen molar-refractivity contribution in [1.82, 2.24) is 15.2 Å². The topological polar surface area (TPSA) is 189 Å². The summed E-state index contributed by atoms with van der Waals surface area (Å²) < 4.78 is 16.1. The van der Waals surface area contributed by atoms with Crippen LogP contribution in [0.25, 0.3) is 0 Å². The highest BCUT2D eigenvalue weighted by Gasteiger charge is 2.55. The number of nitrogens with one attached hydrogen (secondary N) is 1. The van der Waals surface area contributed by atoms with E-state index in [0.717, 1.165) is 22.5 Å². The Hall–Kier alpha value is -4.87. The molecule has 0 bridgehead atoms. The molecule has 2 aliphatic heterocycles. The number of benzene rings is 2. The molecule has 50 heavy (non-hydrogen) atoms. The number of β-lactam (4-membered cyclic amide) rings is 1. The number of amides is 2. The molecule has 0 saturated carbocycles. The first kappa shape index (κ1) is 36.4. The highest BCUT2D eigenvalue weighted by Crippen LogP contribution is 2.43. The zero-order valence-corrected chi connectivity index (χ0v) is 29.5. The van der Waals surface area contributed by atoms with E-state index in [9.17, 15) is 24.0 Å². The van der Waals surface area contributed by atoms with E-state index in [1.165, 1.54) is 40.7 Å². The number of hydrogen-bond donors (Lipinski definition) is 2. The van der Waals surface area contributed by atoms with Gasteiger partial charge in [-0.25, -0.2) is 14.6 Å². The number of hydrogen-bond acceptors (Lipinski definition) is 15. The second kappa shape index (κ2) is 16.7. The standard InChI is InChI=1S/C33H33N5O9S3/c1-4-23(39)45-18(2)46-32(43)27-22(48-3)17-49-31-26(30(42)38(27)31)36-29(41)25(21-16-50-33(34)35-21)37-44-15-24(40)47-28(19-11-7-5-8-12-19)20-13-9-6-10-14-20/h5-14,16,18,26,28,31H,4,15,17H2,1-3H3,(H2,34,35)(H,36,41)/t18?,26?,31-/m0/s1. The van der Waals surface area contributed by atoms with Crippen molar-refractivity contribution >= 4 is 75.4 Å². The number of thioether (sulfide) groups is 2. The molecule has 3 heterocycles. The lowest BCUT2D eigenvalue weighted by molar-refractivity contribution is -0.184. The molecule has 1 aromatic heterocycles. The fraction of sp³-hybridized carbons (Fsp3) is 0.303. The average molecular weight is 740 g/mol. The zero-order valence-electron chi connectivity index (χ0n) is 27.1. The Morgan fingerprint density at radius 3 is 2.28 bits per heavy atom. The smallest absolute Gasteiger partial charge is 0.359 e. The molecule has 0 spiro atoms. The molecular formula is C33H33N5O9S3. The monoisotopic (exact) mass is 739 g/mol. The minimum absolute atomic E-state index is 0.0171. The van der Waals surface area contributed by atoms with Crippen LogP contribution >= 0.6 is 34.9 Å². The normalized spacial score (nSPS) is 17.7. The number of ether oxygens (including phenoxy) is 3. The molecule has 3 atom stereocenters. The third-order valence-corrected chi connectivity index (χ3v) is 10.3. The largest absolute Gasteiger partial charge is 0.450 e. The summed E-state index contributed by atoms with van der Waals surface area (Å²) in [4.78, 5) is 75.9. The highest BCUT2D eigenvalue weighted by molar-refractivity contribution is 8.05. The number of aromatic nitrogens is 1. The van der Waals surface area contributed by atoms with Crippen LogP contribution in [0, 0.1) is 0 Å². The van der Waals surface area contributed by atoms with Gasteiger partial charge in [0.15, 0.2) is 16.9 Å². The molecule has 5 rings (SSSR count). The molecule has 17 heteroatoms. The van der Waals surface area contributed by atoms with Crippen LogP contribution < -0.4 is 11.1 Å². The number of nitrogens with two attached hydrogens (primary N) is 1. The van der Waals surface area contributed by atoms with E-state index in [4.69, 9.17) is 24.8 Å². The lowest BCUT2D eigenvalue weighted by atomic mass is 10.0. The maximum atomic E-state index is 13.6. The van der Waals surface area contributed by atoms with Crippen molar-refractivity contribution in [1.29, 1.82) is 0 Å². The molecule has 14 nitrogen and oxygen atoms in total. The van der Waals surface area contributed by atoms with Crippen molar-refractivity contribution in [2.24, 2.45) is 5.16 Å². The number of thiazole rings is 1. The van der Waals surface area contributed by atoms with E-state index in [2.05, 4.69) is 15.5 Å². The van der Waals surface area contributed by atoms with Crippen LogP contribution in [0.3, 0.4) is 0 Å². The van der Waals surface area contributed by atoms with Crippen molar-refractivity contribution in [2.75, 3.05) is 24.3 Å². The maximum Gasteiger partial charge on any atom is 0.359 e. The lowest BCUT2D eigenvalue weighted by Gasteiger charge is -2.49. The summed E-state index contributed by atoms with van der Waals surface area (Å²) in [6.07, 6.45) is -0.0246. The Balaban J connectivity index is 1.27. The molecule has 3 N–H and O–H groups in total. The number of nitrogen functional groups attached to an aromatic ring is 1. The summed E-state index contributed by atoms with van der Waals surface area (Å²) in [5, 5.41) is 7.54. The average Bonchev–Trinajstić information content (AvgIpc) is 3.56. The number of oxime groups is 1. The van der Waals surface area contributed by atoms with Gasteiger partial charge < -0.3 is 30.1 Å². The van der Waals surface area contributed by atoms with Crippen molar-refractivity contribution in [2.45, 2.75) is 44.1 Å². The van der Waals surface area contributed by atoms with E-state index in [1.54, 1.807) is 13.2 Å². The molecule has 0 radical (unpaired) electrons. The van der Waals surface area contributed by atoms with Gasteiger partial charge >= 0.3 is 17.9 Å². The molecule has 3 aromatic rings. The summed E-state index contributed by atoms with van der Waals surface area (Å²) in [7, 11) is 0. The van der Waals surface area contributed by atoms with Gasteiger partial charge in [0.2, 0.25) is 12.9 Å².